The van der Waals surface area contributed by atoms with Gasteiger partial charge >= 0.3 is 0 Å². The van der Waals surface area contributed by atoms with Gasteiger partial charge in [-0.25, -0.2) is 0 Å². The number of halogens is 2. The van der Waals surface area contributed by atoms with Gasteiger partial charge < -0.3 is 11.1 Å². The molecule has 0 radical (unpaired) electrons. The minimum atomic E-state index is -0.166. The highest BCUT2D eigenvalue weighted by Gasteiger charge is 2.22. The molecule has 1 aromatic carbocycles. The molecule has 3 N–H and O–H groups in total. The van der Waals surface area contributed by atoms with Crippen LogP contribution in [0.4, 0.5) is 5.69 Å². The van der Waals surface area contributed by atoms with Crippen LogP contribution in [0.5, 0.6) is 0 Å². The lowest BCUT2D eigenvalue weighted by Gasteiger charge is -2.37. The average Bonchev–Trinajstić information content (AvgIpc) is 2.42. The SMILES string of the molecule is CC(C)(N)CN1CCN(CC(=O)Nc2ccc(Br)cc2)CC1.Cl. The second-order valence-corrected chi connectivity index (χ2v) is 7.51. The molecule has 0 aromatic heterocycles. The topological polar surface area (TPSA) is 61.6 Å². The first-order valence-electron chi connectivity index (χ1n) is 7.61. The minimum absolute atomic E-state index is 0. The second-order valence-electron chi connectivity index (χ2n) is 6.60. The Bertz CT molecular complexity index is 496. The molecule has 0 unspecified atom stereocenters. The van der Waals surface area contributed by atoms with Gasteiger partial charge in [-0.3, -0.25) is 14.6 Å². The maximum Gasteiger partial charge on any atom is 0.238 e. The highest BCUT2D eigenvalue weighted by Crippen LogP contribution is 2.14. The van der Waals surface area contributed by atoms with Crippen molar-refractivity contribution >= 4 is 39.9 Å². The van der Waals surface area contributed by atoms with Crippen molar-refractivity contribution in [2.75, 3.05) is 44.6 Å². The molecule has 0 spiro atoms. The van der Waals surface area contributed by atoms with Crippen LogP contribution in [0.3, 0.4) is 0 Å². The van der Waals surface area contributed by atoms with Gasteiger partial charge in [0.05, 0.1) is 6.54 Å². The number of hydrogen-bond donors (Lipinski definition) is 2. The monoisotopic (exact) mass is 404 g/mol. The molecule has 0 bridgehead atoms. The van der Waals surface area contributed by atoms with Crippen LogP contribution in [0.15, 0.2) is 28.7 Å². The Hall–Kier alpha value is -0.660. The number of anilines is 1. The zero-order valence-electron chi connectivity index (χ0n) is 13.7. The van der Waals surface area contributed by atoms with E-state index in [-0.39, 0.29) is 23.9 Å². The van der Waals surface area contributed by atoms with Crippen LogP contribution in [-0.2, 0) is 4.79 Å². The number of benzene rings is 1. The number of carbonyl (C=O) groups excluding carboxylic acids is 1. The fourth-order valence-corrected chi connectivity index (χ4v) is 2.88. The molecule has 1 amide bonds. The van der Waals surface area contributed by atoms with Crippen LogP contribution in [0.2, 0.25) is 0 Å². The van der Waals surface area contributed by atoms with Gasteiger partial charge in [-0.05, 0) is 38.1 Å². The quantitative estimate of drug-likeness (QED) is 0.788. The highest BCUT2D eigenvalue weighted by atomic mass is 79.9. The summed E-state index contributed by atoms with van der Waals surface area (Å²) in [7, 11) is 0. The summed E-state index contributed by atoms with van der Waals surface area (Å²) in [6, 6.07) is 7.62. The van der Waals surface area contributed by atoms with Gasteiger partial charge in [0.2, 0.25) is 5.91 Å². The molecule has 0 aliphatic carbocycles. The Morgan fingerprint density at radius 1 is 1.17 bits per heavy atom. The number of nitrogens with two attached hydrogens (primary N) is 1. The molecule has 2 rings (SSSR count). The first-order valence-corrected chi connectivity index (χ1v) is 8.40. The van der Waals surface area contributed by atoms with Crippen LogP contribution < -0.4 is 11.1 Å². The van der Waals surface area contributed by atoms with E-state index < -0.39 is 0 Å². The third-order valence-electron chi connectivity index (χ3n) is 3.59. The standard InChI is InChI=1S/C16H25BrN4O.ClH/c1-16(2,18)12-21-9-7-20(8-10-21)11-15(22)19-14-5-3-13(17)4-6-14;/h3-6H,7-12,18H2,1-2H3,(H,19,22);1H. The fourth-order valence-electron chi connectivity index (χ4n) is 2.62. The molecule has 23 heavy (non-hydrogen) atoms. The summed E-state index contributed by atoms with van der Waals surface area (Å²) in [5.41, 5.74) is 6.72. The van der Waals surface area contributed by atoms with E-state index in [1.54, 1.807) is 0 Å². The molecule has 1 aliphatic rings. The first kappa shape index (κ1) is 20.4. The van der Waals surface area contributed by atoms with Gasteiger partial charge in [0.25, 0.3) is 0 Å². The molecule has 5 nitrogen and oxygen atoms in total. The van der Waals surface area contributed by atoms with Gasteiger partial charge in [-0.2, -0.15) is 0 Å². The number of amides is 1. The van der Waals surface area contributed by atoms with Crippen LogP contribution in [0.1, 0.15) is 13.8 Å². The zero-order valence-corrected chi connectivity index (χ0v) is 16.1. The van der Waals surface area contributed by atoms with E-state index in [9.17, 15) is 4.79 Å². The van der Waals surface area contributed by atoms with E-state index in [0.717, 1.165) is 42.9 Å². The summed E-state index contributed by atoms with van der Waals surface area (Å²) in [5, 5.41) is 2.93. The van der Waals surface area contributed by atoms with E-state index in [1.165, 1.54) is 0 Å². The molecule has 1 heterocycles. The summed E-state index contributed by atoms with van der Waals surface area (Å²) < 4.78 is 1.00. The smallest absolute Gasteiger partial charge is 0.238 e. The van der Waals surface area contributed by atoms with Crippen molar-refractivity contribution in [1.29, 1.82) is 0 Å². The van der Waals surface area contributed by atoms with Crippen molar-refractivity contribution in [1.82, 2.24) is 9.80 Å². The largest absolute Gasteiger partial charge is 0.325 e. The van der Waals surface area contributed by atoms with Gasteiger partial charge in [0, 0.05) is 48.4 Å². The Balaban J connectivity index is 0.00000264. The lowest BCUT2D eigenvalue weighted by Crippen LogP contribution is -2.53. The van der Waals surface area contributed by atoms with E-state index in [4.69, 9.17) is 5.73 Å². The lowest BCUT2D eigenvalue weighted by molar-refractivity contribution is -0.117. The Labute approximate surface area is 153 Å². The lowest BCUT2D eigenvalue weighted by atomic mass is 10.1. The van der Waals surface area contributed by atoms with Crippen LogP contribution in [0.25, 0.3) is 0 Å². The van der Waals surface area contributed by atoms with Crippen molar-refractivity contribution in [2.24, 2.45) is 5.73 Å². The first-order chi connectivity index (χ1) is 10.3. The predicted octanol–water partition coefficient (Wildman–Crippen LogP) is 2.16. The van der Waals surface area contributed by atoms with Gasteiger partial charge in [0.15, 0.2) is 0 Å². The van der Waals surface area contributed by atoms with Gasteiger partial charge in [0.1, 0.15) is 0 Å². The molecule has 1 fully saturated rings. The number of piperazine rings is 1. The number of rotatable bonds is 5. The third-order valence-corrected chi connectivity index (χ3v) is 4.12. The van der Waals surface area contributed by atoms with Gasteiger partial charge in [-0.1, -0.05) is 15.9 Å². The maximum absolute atomic E-state index is 12.1. The summed E-state index contributed by atoms with van der Waals surface area (Å²) in [5.74, 6) is 0.0370. The van der Waals surface area contributed by atoms with E-state index in [2.05, 4.69) is 31.0 Å². The number of hydrogen-bond acceptors (Lipinski definition) is 4. The van der Waals surface area contributed by atoms with Crippen LogP contribution in [-0.4, -0.2) is 60.5 Å². The van der Waals surface area contributed by atoms with Crippen molar-refractivity contribution < 1.29 is 4.79 Å². The van der Waals surface area contributed by atoms with Crippen LogP contribution in [0, 0.1) is 0 Å². The van der Waals surface area contributed by atoms with E-state index in [1.807, 2.05) is 38.1 Å². The summed E-state index contributed by atoms with van der Waals surface area (Å²) in [6.45, 7) is 9.17. The zero-order chi connectivity index (χ0) is 16.2. The van der Waals surface area contributed by atoms with E-state index in [0.29, 0.717) is 6.54 Å². The van der Waals surface area contributed by atoms with Crippen LogP contribution >= 0.6 is 28.3 Å². The average molecular weight is 406 g/mol. The van der Waals surface area contributed by atoms with Crippen molar-refractivity contribution in [3.8, 4) is 0 Å². The summed E-state index contributed by atoms with van der Waals surface area (Å²) >= 11 is 3.38. The van der Waals surface area contributed by atoms with E-state index >= 15 is 0 Å². The van der Waals surface area contributed by atoms with Crippen molar-refractivity contribution in [2.45, 2.75) is 19.4 Å². The molecule has 130 valence electrons. The molecular weight excluding hydrogens is 380 g/mol. The summed E-state index contributed by atoms with van der Waals surface area (Å²) in [6.07, 6.45) is 0. The number of nitrogens with one attached hydrogen (secondary N) is 1. The molecule has 1 aromatic rings. The second kappa shape index (κ2) is 8.99. The molecule has 7 heteroatoms. The molecule has 0 atom stereocenters. The normalized spacial score (nSPS) is 16.7. The Morgan fingerprint density at radius 3 is 2.22 bits per heavy atom. The molecule has 1 aliphatic heterocycles. The number of carbonyl (C=O) groups is 1. The Morgan fingerprint density at radius 2 is 1.70 bits per heavy atom. The summed E-state index contributed by atoms with van der Waals surface area (Å²) in [4.78, 5) is 16.6. The minimum Gasteiger partial charge on any atom is -0.325 e. The molecule has 1 saturated heterocycles. The fraction of sp³-hybridized carbons (Fsp3) is 0.562. The maximum atomic E-state index is 12.1. The van der Waals surface area contributed by atoms with Gasteiger partial charge in [-0.15, -0.1) is 12.4 Å². The van der Waals surface area contributed by atoms with Crippen molar-refractivity contribution in [3.05, 3.63) is 28.7 Å². The predicted molar refractivity (Wildman–Crippen MR) is 101 cm³/mol. The van der Waals surface area contributed by atoms with Crippen molar-refractivity contribution in [3.63, 3.8) is 0 Å². The molecular formula is C16H26BrClN4O. The number of nitrogens with zero attached hydrogens (tertiary/aromatic N) is 2. The highest BCUT2D eigenvalue weighted by molar-refractivity contribution is 9.10. The third kappa shape index (κ3) is 7.63. The molecule has 0 saturated carbocycles. The Kier molecular flexibility index (Phi) is 7.97.